The number of halogens is 4. The van der Waals surface area contributed by atoms with Crippen molar-refractivity contribution in [2.75, 3.05) is 0 Å². The van der Waals surface area contributed by atoms with Gasteiger partial charge in [0.2, 0.25) is 0 Å². The van der Waals surface area contributed by atoms with Gasteiger partial charge in [-0.05, 0) is 19.1 Å². The van der Waals surface area contributed by atoms with Gasteiger partial charge in [-0.1, -0.05) is 6.07 Å². The average Bonchev–Trinajstić information content (AvgIpc) is 2.16. The van der Waals surface area contributed by atoms with Crippen molar-refractivity contribution in [1.82, 2.24) is 0 Å². The van der Waals surface area contributed by atoms with E-state index in [1.807, 2.05) is 0 Å². The molecule has 2 nitrogen and oxygen atoms in total. The summed E-state index contributed by atoms with van der Waals surface area (Å²) in [7, 11) is 0. The number of alkyl halides is 3. The summed E-state index contributed by atoms with van der Waals surface area (Å²) < 4.78 is 54.0. The molecule has 1 rings (SSSR count). The number of aldehydes is 1. The molecular weight excluding hydrogens is 228 g/mol. The van der Waals surface area contributed by atoms with E-state index in [1.165, 1.54) is 6.07 Å². The molecule has 0 radical (unpaired) electrons. The van der Waals surface area contributed by atoms with Crippen molar-refractivity contribution in [1.29, 1.82) is 0 Å². The summed E-state index contributed by atoms with van der Waals surface area (Å²) in [4.78, 5) is 10.5. The molecule has 0 saturated heterocycles. The maximum Gasteiger partial charge on any atom is 0.425 e. The minimum absolute atomic E-state index is 0.119. The lowest BCUT2D eigenvalue weighted by Crippen LogP contribution is -2.31. The van der Waals surface area contributed by atoms with Crippen molar-refractivity contribution in [3.63, 3.8) is 0 Å². The van der Waals surface area contributed by atoms with E-state index in [-0.39, 0.29) is 6.29 Å². The Morgan fingerprint density at radius 2 is 2.00 bits per heavy atom. The Morgan fingerprint density at radius 1 is 1.38 bits per heavy atom. The van der Waals surface area contributed by atoms with Gasteiger partial charge in [0.1, 0.15) is 11.6 Å². The first-order chi connectivity index (χ1) is 7.36. The van der Waals surface area contributed by atoms with E-state index in [0.717, 1.165) is 19.1 Å². The Labute approximate surface area is 88.8 Å². The number of carbonyl (C=O) groups excluding carboxylic acids is 1. The van der Waals surface area contributed by atoms with E-state index in [4.69, 9.17) is 0 Å². The van der Waals surface area contributed by atoms with Crippen LogP contribution >= 0.6 is 0 Å². The summed E-state index contributed by atoms with van der Waals surface area (Å²) in [5.74, 6) is -1.33. The lowest BCUT2D eigenvalue weighted by molar-refractivity contribution is -0.189. The summed E-state index contributed by atoms with van der Waals surface area (Å²) in [6, 6.07) is 3.24. The molecule has 88 valence electrons. The third-order valence-corrected chi connectivity index (χ3v) is 1.90. The van der Waals surface area contributed by atoms with Crippen molar-refractivity contribution < 1.29 is 27.1 Å². The van der Waals surface area contributed by atoms with E-state index in [2.05, 4.69) is 4.74 Å². The van der Waals surface area contributed by atoms with Crippen LogP contribution in [-0.2, 0) is 0 Å². The molecule has 0 fully saturated rings. The van der Waals surface area contributed by atoms with Crippen LogP contribution in [0.4, 0.5) is 17.6 Å². The Morgan fingerprint density at radius 3 is 2.50 bits per heavy atom. The van der Waals surface area contributed by atoms with E-state index in [1.54, 1.807) is 0 Å². The fourth-order valence-corrected chi connectivity index (χ4v) is 0.992. The number of benzene rings is 1. The molecule has 0 saturated carbocycles. The molecule has 16 heavy (non-hydrogen) atoms. The highest BCUT2D eigenvalue weighted by molar-refractivity contribution is 5.79. The molecule has 1 unspecified atom stereocenters. The van der Waals surface area contributed by atoms with Gasteiger partial charge in [-0.25, -0.2) is 4.39 Å². The Bertz CT molecular complexity index is 387. The number of carbonyl (C=O) groups is 1. The summed E-state index contributed by atoms with van der Waals surface area (Å²) in [6.45, 7) is 0.777. The maximum atomic E-state index is 13.0. The zero-order chi connectivity index (χ0) is 12.3. The van der Waals surface area contributed by atoms with Gasteiger partial charge in [0.05, 0.1) is 5.56 Å². The fraction of sp³-hybridized carbons (Fsp3) is 0.300. The van der Waals surface area contributed by atoms with Crippen LogP contribution in [-0.4, -0.2) is 18.6 Å². The SMILES string of the molecule is CC(Oc1cccc(F)c1C=O)C(F)(F)F. The number of ether oxygens (including phenoxy) is 1. The van der Waals surface area contributed by atoms with Crippen molar-refractivity contribution in [3.8, 4) is 5.75 Å². The minimum atomic E-state index is -4.56. The quantitative estimate of drug-likeness (QED) is 0.595. The molecule has 0 aliphatic heterocycles. The first-order valence-corrected chi connectivity index (χ1v) is 4.33. The highest BCUT2D eigenvalue weighted by Crippen LogP contribution is 2.27. The molecule has 0 heterocycles. The highest BCUT2D eigenvalue weighted by atomic mass is 19.4. The van der Waals surface area contributed by atoms with Crippen molar-refractivity contribution >= 4 is 6.29 Å². The fourth-order valence-electron chi connectivity index (χ4n) is 0.992. The summed E-state index contributed by atoms with van der Waals surface area (Å²) >= 11 is 0. The number of hydrogen-bond donors (Lipinski definition) is 0. The summed E-state index contributed by atoms with van der Waals surface area (Å²) in [6.07, 6.45) is -6.55. The second-order valence-corrected chi connectivity index (χ2v) is 3.07. The molecule has 0 aliphatic rings. The van der Waals surface area contributed by atoms with Gasteiger partial charge in [-0.15, -0.1) is 0 Å². The third-order valence-electron chi connectivity index (χ3n) is 1.90. The number of hydrogen-bond acceptors (Lipinski definition) is 2. The smallest absolute Gasteiger partial charge is 0.425 e. The predicted molar refractivity (Wildman–Crippen MR) is 47.9 cm³/mol. The minimum Gasteiger partial charge on any atom is -0.480 e. The topological polar surface area (TPSA) is 26.3 Å². The number of rotatable bonds is 3. The van der Waals surface area contributed by atoms with Gasteiger partial charge in [0.15, 0.2) is 12.4 Å². The Kier molecular flexibility index (Phi) is 3.51. The van der Waals surface area contributed by atoms with Gasteiger partial charge in [0.25, 0.3) is 0 Å². The van der Waals surface area contributed by atoms with Gasteiger partial charge < -0.3 is 4.74 Å². The van der Waals surface area contributed by atoms with E-state index in [9.17, 15) is 22.4 Å². The maximum absolute atomic E-state index is 13.0. The van der Waals surface area contributed by atoms with Crippen LogP contribution in [0.25, 0.3) is 0 Å². The van der Waals surface area contributed by atoms with E-state index >= 15 is 0 Å². The average molecular weight is 236 g/mol. The zero-order valence-electron chi connectivity index (χ0n) is 8.22. The molecule has 0 bridgehead atoms. The van der Waals surface area contributed by atoms with Crippen molar-refractivity contribution in [3.05, 3.63) is 29.6 Å². The van der Waals surface area contributed by atoms with E-state index < -0.39 is 29.4 Å². The predicted octanol–water partition coefficient (Wildman–Crippen LogP) is 2.97. The molecule has 1 atom stereocenters. The lowest BCUT2D eigenvalue weighted by atomic mass is 10.2. The van der Waals surface area contributed by atoms with Crippen molar-refractivity contribution in [2.24, 2.45) is 0 Å². The monoisotopic (exact) mass is 236 g/mol. The van der Waals surface area contributed by atoms with Crippen LogP contribution in [0.5, 0.6) is 5.75 Å². The first-order valence-electron chi connectivity index (χ1n) is 4.33. The van der Waals surface area contributed by atoms with Crippen LogP contribution in [0, 0.1) is 5.82 Å². The van der Waals surface area contributed by atoms with Gasteiger partial charge in [-0.3, -0.25) is 4.79 Å². The van der Waals surface area contributed by atoms with Gasteiger partial charge in [0, 0.05) is 0 Å². The molecule has 6 heteroatoms. The zero-order valence-corrected chi connectivity index (χ0v) is 8.22. The first kappa shape index (κ1) is 12.5. The molecule has 0 aliphatic carbocycles. The molecule has 1 aromatic rings. The van der Waals surface area contributed by atoms with Gasteiger partial charge in [-0.2, -0.15) is 13.2 Å². The molecule has 1 aromatic carbocycles. The summed E-state index contributed by atoms with van der Waals surface area (Å²) in [5.41, 5.74) is -0.515. The van der Waals surface area contributed by atoms with Crippen LogP contribution in [0.15, 0.2) is 18.2 Å². The Balaban J connectivity index is 2.98. The molecular formula is C10H8F4O2. The highest BCUT2D eigenvalue weighted by Gasteiger charge is 2.38. The molecule has 0 N–H and O–H groups in total. The second kappa shape index (κ2) is 4.51. The molecule has 0 spiro atoms. The summed E-state index contributed by atoms with van der Waals surface area (Å²) in [5, 5.41) is 0. The third kappa shape index (κ3) is 2.71. The van der Waals surface area contributed by atoms with Crippen molar-refractivity contribution in [2.45, 2.75) is 19.2 Å². The second-order valence-electron chi connectivity index (χ2n) is 3.07. The van der Waals surface area contributed by atoms with Crippen LogP contribution in [0.3, 0.4) is 0 Å². The van der Waals surface area contributed by atoms with Crippen LogP contribution in [0.1, 0.15) is 17.3 Å². The standard InChI is InChI=1S/C10H8F4O2/c1-6(10(12,13)14)16-9-4-2-3-8(11)7(9)5-15/h2-6H,1H3. The molecule has 0 aromatic heterocycles. The normalized spacial score (nSPS) is 13.3. The van der Waals surface area contributed by atoms with E-state index in [0.29, 0.717) is 0 Å². The van der Waals surface area contributed by atoms with Crippen LogP contribution < -0.4 is 4.74 Å². The van der Waals surface area contributed by atoms with Gasteiger partial charge >= 0.3 is 6.18 Å². The largest absolute Gasteiger partial charge is 0.480 e. The lowest BCUT2D eigenvalue weighted by Gasteiger charge is -2.18. The Hall–Kier alpha value is -1.59. The molecule has 0 amide bonds. The van der Waals surface area contributed by atoms with Crippen LogP contribution in [0.2, 0.25) is 0 Å².